The van der Waals surface area contributed by atoms with Crippen LogP contribution in [-0.2, 0) is 21.4 Å². The Hall–Kier alpha value is -4.70. The third-order valence-electron chi connectivity index (χ3n) is 8.06. The van der Waals surface area contributed by atoms with Crippen molar-refractivity contribution < 1.29 is 28.2 Å². The van der Waals surface area contributed by atoms with Gasteiger partial charge in [0.2, 0.25) is 0 Å². The van der Waals surface area contributed by atoms with Crippen molar-refractivity contribution in [3.05, 3.63) is 83.8 Å². The van der Waals surface area contributed by atoms with E-state index in [9.17, 15) is 9.59 Å². The zero-order valence-corrected chi connectivity index (χ0v) is 26.7. The molecule has 0 saturated carbocycles. The summed E-state index contributed by atoms with van der Waals surface area (Å²) < 4.78 is 32.8. The Bertz CT molecular complexity index is 1680. The summed E-state index contributed by atoms with van der Waals surface area (Å²) in [5.41, 5.74) is 2.98. The van der Waals surface area contributed by atoms with Gasteiger partial charge in [0.05, 0.1) is 13.7 Å². The van der Waals surface area contributed by atoms with Gasteiger partial charge in [-0.3, -0.25) is 14.6 Å². The zero-order chi connectivity index (χ0) is 32.7. The topological polar surface area (TPSA) is 111 Å². The third kappa shape index (κ3) is 8.11. The highest BCUT2D eigenvalue weighted by atomic mass is 19.1. The number of amides is 2. The molecule has 0 unspecified atom stereocenters. The van der Waals surface area contributed by atoms with Crippen LogP contribution in [0.3, 0.4) is 0 Å². The molecule has 4 aromatic rings. The van der Waals surface area contributed by atoms with Crippen molar-refractivity contribution in [2.45, 2.75) is 45.4 Å². The van der Waals surface area contributed by atoms with Crippen molar-refractivity contribution in [3.63, 3.8) is 0 Å². The van der Waals surface area contributed by atoms with Crippen LogP contribution < -0.4 is 30.2 Å². The predicted molar refractivity (Wildman–Crippen MR) is 176 cm³/mol. The maximum absolute atomic E-state index is 15.1. The molecule has 1 aliphatic rings. The van der Waals surface area contributed by atoms with Crippen LogP contribution in [0.2, 0.25) is 0 Å². The quantitative estimate of drug-likeness (QED) is 0.181. The van der Waals surface area contributed by atoms with Gasteiger partial charge < -0.3 is 30.2 Å². The lowest BCUT2D eigenvalue weighted by Gasteiger charge is -2.23. The number of hydrogen-bond donors (Lipinski definition) is 3. The molecule has 0 spiro atoms. The summed E-state index contributed by atoms with van der Waals surface area (Å²) in [6.07, 6.45) is 4.25. The molecule has 10 heteroatoms. The Balaban J connectivity index is 1.18. The maximum Gasteiger partial charge on any atom is 0.313 e. The number of hydrogen-bond acceptors (Lipinski definition) is 7. The van der Waals surface area contributed by atoms with E-state index in [4.69, 9.17) is 14.2 Å². The van der Waals surface area contributed by atoms with Gasteiger partial charge in [-0.25, -0.2) is 4.39 Å². The van der Waals surface area contributed by atoms with E-state index in [2.05, 4.69) is 53.8 Å². The highest BCUT2D eigenvalue weighted by Gasteiger charge is 2.20. The monoisotopic (exact) mass is 628 g/mol. The van der Waals surface area contributed by atoms with E-state index in [1.54, 1.807) is 25.4 Å². The fourth-order valence-electron chi connectivity index (χ4n) is 5.34. The van der Waals surface area contributed by atoms with Crippen molar-refractivity contribution in [2.75, 3.05) is 38.7 Å². The lowest BCUT2D eigenvalue weighted by atomic mass is 9.86. The van der Waals surface area contributed by atoms with Gasteiger partial charge in [-0.15, -0.1) is 0 Å². The number of benzene rings is 3. The minimum Gasteiger partial charge on any atom is -0.491 e. The van der Waals surface area contributed by atoms with Crippen molar-refractivity contribution in [1.29, 1.82) is 0 Å². The number of piperidine rings is 1. The second kappa shape index (κ2) is 14.6. The highest BCUT2D eigenvalue weighted by Crippen LogP contribution is 2.40. The van der Waals surface area contributed by atoms with E-state index >= 15 is 4.39 Å². The van der Waals surface area contributed by atoms with Crippen molar-refractivity contribution in [1.82, 2.24) is 15.6 Å². The lowest BCUT2D eigenvalue weighted by molar-refractivity contribution is -0.136. The summed E-state index contributed by atoms with van der Waals surface area (Å²) in [6, 6.07) is 17.4. The molecule has 2 amide bonds. The minimum atomic E-state index is -0.887. The van der Waals surface area contributed by atoms with Crippen molar-refractivity contribution >= 4 is 28.4 Å². The molecule has 2 heterocycles. The number of rotatable bonds is 10. The Morgan fingerprint density at radius 3 is 2.39 bits per heavy atom. The largest absolute Gasteiger partial charge is 0.491 e. The van der Waals surface area contributed by atoms with Gasteiger partial charge in [0, 0.05) is 29.9 Å². The van der Waals surface area contributed by atoms with E-state index in [1.165, 1.54) is 17.7 Å². The van der Waals surface area contributed by atoms with Crippen LogP contribution in [0.4, 0.5) is 10.1 Å². The number of carbonyl (C=O) groups is 2. The molecule has 9 nitrogen and oxygen atoms in total. The molecular formula is C36H41FN4O5. The molecule has 3 N–H and O–H groups in total. The first-order valence-electron chi connectivity index (χ1n) is 15.6. The van der Waals surface area contributed by atoms with Crippen molar-refractivity contribution in [2.24, 2.45) is 5.92 Å². The summed E-state index contributed by atoms with van der Waals surface area (Å²) in [7, 11) is 1.56. The van der Waals surface area contributed by atoms with Crippen LogP contribution in [0.5, 0.6) is 23.0 Å². The lowest BCUT2D eigenvalue weighted by Crippen LogP contribution is -2.36. The molecular weight excluding hydrogens is 587 g/mol. The number of aromatic nitrogens is 1. The normalized spacial score (nSPS) is 13.7. The summed E-state index contributed by atoms with van der Waals surface area (Å²) >= 11 is 0. The van der Waals surface area contributed by atoms with Gasteiger partial charge in [-0.05, 0) is 85.1 Å². The van der Waals surface area contributed by atoms with Gasteiger partial charge in [-0.2, -0.15) is 0 Å². The number of carbonyl (C=O) groups excluding carboxylic acids is 2. The Kier molecular flexibility index (Phi) is 10.4. The number of methoxy groups -OCH3 is 1. The molecule has 0 atom stereocenters. The van der Waals surface area contributed by atoms with Gasteiger partial charge in [0.1, 0.15) is 11.3 Å². The molecule has 1 fully saturated rings. The van der Waals surface area contributed by atoms with Gasteiger partial charge in [-0.1, -0.05) is 45.0 Å². The number of fused-ring (bicyclic) bond motifs is 1. The Labute approximate surface area is 268 Å². The maximum atomic E-state index is 15.1. The molecule has 5 rings (SSSR count). The summed E-state index contributed by atoms with van der Waals surface area (Å²) in [5, 5.41) is 9.03. The molecule has 1 saturated heterocycles. The molecule has 0 bridgehead atoms. The van der Waals surface area contributed by atoms with E-state index in [1.807, 2.05) is 18.2 Å². The second-order valence-electron chi connectivity index (χ2n) is 12.5. The van der Waals surface area contributed by atoms with E-state index in [0.29, 0.717) is 53.6 Å². The molecule has 1 aliphatic heterocycles. The van der Waals surface area contributed by atoms with Gasteiger partial charge in [0.15, 0.2) is 23.1 Å². The third-order valence-corrected chi connectivity index (χ3v) is 8.06. The van der Waals surface area contributed by atoms with Gasteiger partial charge in [0.25, 0.3) is 0 Å². The van der Waals surface area contributed by atoms with Crippen LogP contribution in [0.25, 0.3) is 10.9 Å². The second-order valence-corrected chi connectivity index (χ2v) is 12.5. The number of halogens is 1. The highest BCUT2D eigenvalue weighted by molar-refractivity contribution is 6.39. The van der Waals surface area contributed by atoms with Crippen LogP contribution >= 0.6 is 0 Å². The smallest absolute Gasteiger partial charge is 0.313 e. The van der Waals surface area contributed by atoms with Crippen LogP contribution in [-0.4, -0.2) is 50.1 Å². The number of anilines is 1. The molecule has 46 heavy (non-hydrogen) atoms. The van der Waals surface area contributed by atoms with E-state index < -0.39 is 17.6 Å². The first kappa shape index (κ1) is 32.7. The molecule has 1 aromatic heterocycles. The average Bonchev–Trinajstić information content (AvgIpc) is 3.05. The summed E-state index contributed by atoms with van der Waals surface area (Å²) in [6.45, 7) is 9.29. The SMILES string of the molecule is COc1c(OCC2CCNCC2)ccc2c(Oc3ccc(NC(=O)C(=O)NCCc4ccc(C(C)(C)C)cc4)cc3F)ccnc12. The minimum absolute atomic E-state index is 0.0577. The average molecular weight is 629 g/mol. The number of nitrogens with zero attached hydrogens (tertiary/aromatic N) is 1. The molecule has 242 valence electrons. The summed E-state index contributed by atoms with van der Waals surface area (Å²) in [4.78, 5) is 29.3. The van der Waals surface area contributed by atoms with E-state index in [-0.39, 0.29) is 16.9 Å². The first-order chi connectivity index (χ1) is 22.1. The number of ether oxygens (including phenoxy) is 3. The van der Waals surface area contributed by atoms with E-state index in [0.717, 1.165) is 37.6 Å². The summed E-state index contributed by atoms with van der Waals surface area (Å²) in [5.74, 6) is -0.554. The standard InChI is InChI=1S/C36H41FN4O5/c1-36(2,3)25-7-5-23(6-8-25)15-19-40-34(42)35(43)41-26-9-11-30(28(37)21-26)46-29-16-20-39-32-27(29)10-12-31(33(32)44-4)45-22-24-13-17-38-18-14-24/h5-12,16,20-21,24,38H,13-15,17-19,22H2,1-4H3,(H,40,42)(H,41,43). The molecule has 0 aliphatic carbocycles. The number of pyridine rings is 1. The predicted octanol–water partition coefficient (Wildman–Crippen LogP) is 6.15. The fourth-order valence-corrected chi connectivity index (χ4v) is 5.34. The van der Waals surface area contributed by atoms with Crippen LogP contribution in [0.1, 0.15) is 44.7 Å². The van der Waals surface area contributed by atoms with Crippen molar-refractivity contribution in [3.8, 4) is 23.0 Å². The molecule has 0 radical (unpaired) electrons. The Morgan fingerprint density at radius 2 is 1.70 bits per heavy atom. The van der Waals surface area contributed by atoms with Crippen LogP contribution in [0.15, 0.2) is 66.9 Å². The van der Waals surface area contributed by atoms with Crippen LogP contribution in [0, 0.1) is 11.7 Å². The number of nitrogens with one attached hydrogen (secondary N) is 3. The fraction of sp³-hybridized carbons (Fsp3) is 0.361. The zero-order valence-electron chi connectivity index (χ0n) is 26.7. The van der Waals surface area contributed by atoms with Gasteiger partial charge >= 0.3 is 11.8 Å². The molecule has 3 aromatic carbocycles. The first-order valence-corrected chi connectivity index (χ1v) is 15.6. The Morgan fingerprint density at radius 1 is 0.957 bits per heavy atom.